The van der Waals surface area contributed by atoms with Crippen LogP contribution in [0.4, 0.5) is 0 Å². The van der Waals surface area contributed by atoms with Crippen LogP contribution in [0.2, 0.25) is 0 Å². The van der Waals surface area contributed by atoms with Crippen molar-refractivity contribution in [1.29, 1.82) is 0 Å². The van der Waals surface area contributed by atoms with E-state index in [9.17, 15) is 4.79 Å². The fourth-order valence-corrected chi connectivity index (χ4v) is 3.12. The normalized spacial score (nSPS) is 24.8. The molecule has 0 atom stereocenters. The lowest BCUT2D eigenvalue weighted by Crippen LogP contribution is -2.51. The van der Waals surface area contributed by atoms with Crippen molar-refractivity contribution >= 4 is 11.7 Å². The summed E-state index contributed by atoms with van der Waals surface area (Å²) in [6.45, 7) is 2.89. The van der Waals surface area contributed by atoms with Gasteiger partial charge in [-0.15, -0.1) is 0 Å². The van der Waals surface area contributed by atoms with E-state index in [2.05, 4.69) is 17.4 Å². The number of nitrogens with zero attached hydrogens (tertiary/aromatic N) is 1. The molecule has 0 bridgehead atoms. The van der Waals surface area contributed by atoms with Crippen LogP contribution in [0.1, 0.15) is 58.3 Å². The van der Waals surface area contributed by atoms with Gasteiger partial charge in [0.2, 0.25) is 5.91 Å². The minimum atomic E-state index is -0.781. The Morgan fingerprint density at radius 1 is 1.26 bits per heavy atom. The maximum Gasteiger partial charge on any atom is 0.233 e. The number of nitrogens with two attached hydrogens (primary N) is 1. The number of carbonyl (C=O) groups excluding carboxylic acids is 1. The topological polar surface area (TPSA) is 87.7 Å². The van der Waals surface area contributed by atoms with Gasteiger partial charge in [-0.05, 0) is 37.5 Å². The van der Waals surface area contributed by atoms with Crippen LogP contribution in [0.5, 0.6) is 0 Å². The quantitative estimate of drug-likeness (QED) is 0.308. The van der Waals surface area contributed by atoms with E-state index in [0.717, 1.165) is 32.2 Å². The average Bonchev–Trinajstić information content (AvgIpc) is 3.25. The third-order valence-electron chi connectivity index (χ3n) is 5.07. The molecule has 0 spiro atoms. The molecule has 5 heteroatoms. The Kier molecular flexibility index (Phi) is 4.02. The van der Waals surface area contributed by atoms with Crippen molar-refractivity contribution in [2.75, 3.05) is 6.54 Å². The molecule has 0 radical (unpaired) electrons. The van der Waals surface area contributed by atoms with E-state index < -0.39 is 5.41 Å². The molecule has 0 heterocycles. The number of oxime groups is 1. The van der Waals surface area contributed by atoms with Crippen LogP contribution in [0.3, 0.4) is 0 Å². The molecule has 0 unspecified atom stereocenters. The molecule has 19 heavy (non-hydrogen) atoms. The second-order valence-corrected chi connectivity index (χ2v) is 6.16. The first-order valence-electron chi connectivity index (χ1n) is 7.35. The number of hydrogen-bond donors (Lipinski definition) is 3. The van der Waals surface area contributed by atoms with Gasteiger partial charge in [0.15, 0.2) is 5.84 Å². The lowest BCUT2D eigenvalue weighted by molar-refractivity contribution is -0.129. The molecule has 2 aliphatic carbocycles. The summed E-state index contributed by atoms with van der Waals surface area (Å²) < 4.78 is 0. The molecule has 2 saturated carbocycles. The summed E-state index contributed by atoms with van der Waals surface area (Å²) in [5.74, 6) is 0.0215. The van der Waals surface area contributed by atoms with Crippen molar-refractivity contribution in [2.24, 2.45) is 21.7 Å². The zero-order valence-corrected chi connectivity index (χ0v) is 11.7. The Labute approximate surface area is 114 Å². The maximum absolute atomic E-state index is 12.5. The van der Waals surface area contributed by atoms with E-state index in [1.807, 2.05) is 0 Å². The highest BCUT2D eigenvalue weighted by molar-refractivity contribution is 6.06. The van der Waals surface area contributed by atoms with E-state index in [1.165, 1.54) is 12.8 Å². The minimum Gasteiger partial charge on any atom is -0.409 e. The predicted molar refractivity (Wildman–Crippen MR) is 73.9 cm³/mol. The molecule has 0 aromatic heterocycles. The number of amidine groups is 1. The second-order valence-electron chi connectivity index (χ2n) is 6.16. The first kappa shape index (κ1) is 14.2. The second kappa shape index (κ2) is 5.39. The van der Waals surface area contributed by atoms with E-state index >= 15 is 0 Å². The molecule has 4 N–H and O–H groups in total. The van der Waals surface area contributed by atoms with Crippen LogP contribution in [-0.2, 0) is 4.79 Å². The van der Waals surface area contributed by atoms with Gasteiger partial charge in [0, 0.05) is 6.54 Å². The predicted octanol–water partition coefficient (Wildman–Crippen LogP) is 1.99. The monoisotopic (exact) mass is 267 g/mol. The largest absolute Gasteiger partial charge is 0.409 e. The van der Waals surface area contributed by atoms with E-state index in [-0.39, 0.29) is 11.7 Å². The molecule has 5 nitrogen and oxygen atoms in total. The molecule has 0 aliphatic heterocycles. The van der Waals surface area contributed by atoms with Gasteiger partial charge in [-0.25, -0.2) is 0 Å². The zero-order valence-electron chi connectivity index (χ0n) is 11.7. The Bertz CT molecular complexity index is 369. The molecule has 1 amide bonds. The molecule has 2 rings (SSSR count). The zero-order chi connectivity index (χ0) is 13.9. The number of hydrogen-bond acceptors (Lipinski definition) is 3. The number of rotatable bonds is 5. The summed E-state index contributed by atoms with van der Waals surface area (Å²) in [6.07, 6.45) is 7.91. The number of nitrogens with one attached hydrogen (secondary N) is 1. The molecule has 0 aromatic carbocycles. The minimum absolute atomic E-state index is 0.0535. The molecular formula is C14H25N3O2. The van der Waals surface area contributed by atoms with Crippen LogP contribution in [0.15, 0.2) is 5.16 Å². The smallest absolute Gasteiger partial charge is 0.233 e. The lowest BCUT2D eigenvalue weighted by Gasteiger charge is -2.34. The van der Waals surface area contributed by atoms with Gasteiger partial charge in [-0.2, -0.15) is 0 Å². The molecule has 2 aliphatic rings. The van der Waals surface area contributed by atoms with E-state index in [0.29, 0.717) is 18.3 Å². The van der Waals surface area contributed by atoms with Crippen molar-refractivity contribution in [1.82, 2.24) is 5.32 Å². The average molecular weight is 267 g/mol. The van der Waals surface area contributed by atoms with E-state index in [4.69, 9.17) is 10.9 Å². The standard InChI is InChI=1S/C14H25N3O2/c1-2-13(8-9-13)10-16-12(18)14(11(15)17-19)6-4-3-5-7-14/h19H,2-10H2,1H3,(H2,15,17)(H,16,18). The summed E-state index contributed by atoms with van der Waals surface area (Å²) in [6, 6.07) is 0. The van der Waals surface area contributed by atoms with Crippen LogP contribution >= 0.6 is 0 Å². The maximum atomic E-state index is 12.5. The number of amides is 1. The SMILES string of the molecule is CCC1(CNC(=O)C2(C(N)=NO)CCCCC2)CC1. The van der Waals surface area contributed by atoms with Gasteiger partial charge < -0.3 is 16.3 Å². The van der Waals surface area contributed by atoms with Crippen molar-refractivity contribution in [3.8, 4) is 0 Å². The summed E-state index contributed by atoms with van der Waals surface area (Å²) in [7, 11) is 0. The first-order chi connectivity index (χ1) is 9.08. The van der Waals surface area contributed by atoms with Crippen LogP contribution in [0.25, 0.3) is 0 Å². The van der Waals surface area contributed by atoms with Crippen molar-refractivity contribution in [2.45, 2.75) is 58.3 Å². The number of carbonyl (C=O) groups is 1. The summed E-state index contributed by atoms with van der Waals surface area (Å²) in [5.41, 5.74) is 5.35. The highest BCUT2D eigenvalue weighted by atomic mass is 16.4. The Balaban J connectivity index is 2.03. The Morgan fingerprint density at radius 2 is 1.89 bits per heavy atom. The fourth-order valence-electron chi connectivity index (χ4n) is 3.12. The molecule has 108 valence electrons. The first-order valence-corrected chi connectivity index (χ1v) is 7.35. The van der Waals surface area contributed by atoms with Gasteiger partial charge in [0.25, 0.3) is 0 Å². The van der Waals surface area contributed by atoms with Crippen LogP contribution < -0.4 is 11.1 Å². The highest BCUT2D eigenvalue weighted by Crippen LogP contribution is 2.48. The molecule has 0 saturated heterocycles. The third-order valence-corrected chi connectivity index (χ3v) is 5.07. The summed E-state index contributed by atoms with van der Waals surface area (Å²) in [5, 5.41) is 15.1. The van der Waals surface area contributed by atoms with Gasteiger partial charge in [-0.1, -0.05) is 31.3 Å². The summed E-state index contributed by atoms with van der Waals surface area (Å²) in [4.78, 5) is 12.5. The van der Waals surface area contributed by atoms with Gasteiger partial charge in [0.05, 0.1) is 0 Å². The fraction of sp³-hybridized carbons (Fsp3) is 0.857. The molecule has 2 fully saturated rings. The lowest BCUT2D eigenvalue weighted by atomic mass is 9.72. The van der Waals surface area contributed by atoms with Crippen LogP contribution in [0, 0.1) is 10.8 Å². The van der Waals surface area contributed by atoms with E-state index in [1.54, 1.807) is 0 Å². The molecular weight excluding hydrogens is 242 g/mol. The molecule has 0 aromatic rings. The van der Waals surface area contributed by atoms with Crippen molar-refractivity contribution in [3.05, 3.63) is 0 Å². The van der Waals surface area contributed by atoms with Crippen LogP contribution in [-0.4, -0.2) is 23.5 Å². The summed E-state index contributed by atoms with van der Waals surface area (Å²) >= 11 is 0. The van der Waals surface area contributed by atoms with Gasteiger partial charge >= 0.3 is 0 Å². The van der Waals surface area contributed by atoms with Gasteiger partial charge in [0.1, 0.15) is 5.41 Å². The Hall–Kier alpha value is -1.26. The third kappa shape index (κ3) is 2.69. The Morgan fingerprint density at radius 3 is 2.37 bits per heavy atom. The van der Waals surface area contributed by atoms with Gasteiger partial charge in [-0.3, -0.25) is 4.79 Å². The highest BCUT2D eigenvalue weighted by Gasteiger charge is 2.46. The van der Waals surface area contributed by atoms with Crippen molar-refractivity contribution < 1.29 is 10.0 Å². The van der Waals surface area contributed by atoms with Crippen molar-refractivity contribution in [3.63, 3.8) is 0 Å².